The number of ether oxygens (including phenoxy) is 1. The van der Waals surface area contributed by atoms with Gasteiger partial charge in [0.25, 0.3) is 0 Å². The molecule has 0 saturated heterocycles. The first-order valence-electron chi connectivity index (χ1n) is 5.40. The van der Waals surface area contributed by atoms with E-state index < -0.39 is 0 Å². The summed E-state index contributed by atoms with van der Waals surface area (Å²) in [5, 5.41) is 2.63. The number of halogens is 1. The minimum absolute atomic E-state index is 0.0104. The van der Waals surface area contributed by atoms with Crippen LogP contribution in [0.4, 0.5) is 0 Å². The van der Waals surface area contributed by atoms with Crippen LogP contribution in [0, 0.1) is 0 Å². The zero-order chi connectivity index (χ0) is 13.1. The summed E-state index contributed by atoms with van der Waals surface area (Å²) in [6, 6.07) is 5.28. The van der Waals surface area contributed by atoms with Crippen LogP contribution in [0.15, 0.2) is 23.6 Å². The van der Waals surface area contributed by atoms with Gasteiger partial charge in [0.15, 0.2) is 5.78 Å². The average molecular weight is 283 g/mol. The Bertz CT molecular complexity index is 603. The van der Waals surface area contributed by atoms with Gasteiger partial charge in [0.05, 0.1) is 0 Å². The summed E-state index contributed by atoms with van der Waals surface area (Å²) in [5.41, 5.74) is 0.643. The minimum atomic E-state index is -0.377. The molecule has 0 fully saturated rings. The number of esters is 1. The molecule has 0 aliphatic heterocycles. The minimum Gasteiger partial charge on any atom is -0.427 e. The zero-order valence-electron chi connectivity index (χ0n) is 9.73. The fourth-order valence-electron chi connectivity index (χ4n) is 1.67. The van der Waals surface area contributed by atoms with Crippen LogP contribution in [0.2, 0.25) is 0 Å². The van der Waals surface area contributed by atoms with Crippen molar-refractivity contribution in [2.24, 2.45) is 0 Å². The molecule has 2 rings (SSSR count). The van der Waals surface area contributed by atoms with Gasteiger partial charge in [-0.05, 0) is 18.2 Å². The van der Waals surface area contributed by atoms with E-state index in [0.717, 1.165) is 10.1 Å². The molecular weight excluding hydrogens is 272 g/mol. The van der Waals surface area contributed by atoms with Gasteiger partial charge >= 0.3 is 5.97 Å². The molecule has 1 aromatic heterocycles. The molecule has 0 radical (unpaired) electrons. The molecule has 18 heavy (non-hydrogen) atoms. The highest BCUT2D eigenvalue weighted by molar-refractivity contribution is 7.17. The number of thiophene rings is 1. The first-order valence-corrected chi connectivity index (χ1v) is 6.82. The Morgan fingerprint density at radius 3 is 2.83 bits per heavy atom. The van der Waals surface area contributed by atoms with Crippen LogP contribution >= 0.6 is 22.9 Å². The lowest BCUT2D eigenvalue weighted by Gasteiger charge is -2.02. The zero-order valence-corrected chi connectivity index (χ0v) is 11.3. The van der Waals surface area contributed by atoms with Gasteiger partial charge in [-0.1, -0.05) is 0 Å². The van der Waals surface area contributed by atoms with Crippen LogP contribution in [0.25, 0.3) is 10.1 Å². The molecule has 0 aliphatic rings. The van der Waals surface area contributed by atoms with Gasteiger partial charge in [-0.15, -0.1) is 22.9 Å². The maximum absolute atomic E-state index is 11.9. The molecule has 0 unspecified atom stereocenters. The number of hydrogen-bond donors (Lipinski definition) is 0. The summed E-state index contributed by atoms with van der Waals surface area (Å²) in [7, 11) is 0. The smallest absolute Gasteiger partial charge is 0.308 e. The molecule has 94 valence electrons. The predicted molar refractivity (Wildman–Crippen MR) is 72.8 cm³/mol. The Balaban J connectivity index is 2.43. The summed E-state index contributed by atoms with van der Waals surface area (Å²) in [4.78, 5) is 22.8. The number of Topliss-reactive ketones (excluding diaryl/α,β-unsaturated/α-hetero) is 1. The average Bonchev–Trinajstić information content (AvgIpc) is 2.71. The highest BCUT2D eigenvalue weighted by Gasteiger charge is 2.12. The van der Waals surface area contributed by atoms with Crippen molar-refractivity contribution in [2.75, 3.05) is 5.88 Å². The molecular formula is C13H11ClO3S. The molecule has 1 heterocycles. The van der Waals surface area contributed by atoms with Crippen molar-refractivity contribution in [3.05, 3.63) is 29.1 Å². The van der Waals surface area contributed by atoms with Crippen molar-refractivity contribution in [3.63, 3.8) is 0 Å². The van der Waals surface area contributed by atoms with Gasteiger partial charge in [0.1, 0.15) is 5.75 Å². The lowest BCUT2D eigenvalue weighted by Crippen LogP contribution is -2.01. The van der Waals surface area contributed by atoms with Crippen LogP contribution in [-0.4, -0.2) is 17.6 Å². The molecule has 0 atom stereocenters. The van der Waals surface area contributed by atoms with E-state index in [2.05, 4.69) is 0 Å². The molecule has 1 aromatic carbocycles. The van der Waals surface area contributed by atoms with Crippen molar-refractivity contribution in [2.45, 2.75) is 13.3 Å². The van der Waals surface area contributed by atoms with Crippen molar-refractivity contribution < 1.29 is 14.3 Å². The van der Waals surface area contributed by atoms with Crippen LogP contribution in [0.3, 0.4) is 0 Å². The van der Waals surface area contributed by atoms with E-state index in [1.807, 2.05) is 11.4 Å². The lowest BCUT2D eigenvalue weighted by molar-refractivity contribution is -0.131. The molecule has 0 spiro atoms. The second-order valence-electron chi connectivity index (χ2n) is 3.76. The predicted octanol–water partition coefficient (Wildman–Crippen LogP) is 3.64. The van der Waals surface area contributed by atoms with Crippen LogP contribution in [0.5, 0.6) is 5.75 Å². The fraction of sp³-hybridized carbons (Fsp3) is 0.231. The quantitative estimate of drug-likeness (QED) is 0.372. The number of fused-ring (bicyclic) bond motifs is 1. The van der Waals surface area contributed by atoms with Crippen molar-refractivity contribution in [1.29, 1.82) is 0 Å². The number of ketones is 1. The fourth-order valence-corrected chi connectivity index (χ4v) is 2.79. The highest BCUT2D eigenvalue weighted by Crippen LogP contribution is 2.30. The number of alkyl halides is 1. The third-order valence-electron chi connectivity index (χ3n) is 2.43. The van der Waals surface area contributed by atoms with E-state index in [9.17, 15) is 9.59 Å². The van der Waals surface area contributed by atoms with Crippen LogP contribution in [0.1, 0.15) is 23.7 Å². The lowest BCUT2D eigenvalue weighted by atomic mass is 10.1. The van der Waals surface area contributed by atoms with Crippen LogP contribution < -0.4 is 4.74 Å². The van der Waals surface area contributed by atoms with Crippen molar-refractivity contribution in [3.8, 4) is 5.75 Å². The Kier molecular flexibility index (Phi) is 3.99. The summed E-state index contributed by atoms with van der Waals surface area (Å²) in [5.74, 6) is 0.391. The largest absolute Gasteiger partial charge is 0.427 e. The number of hydrogen-bond acceptors (Lipinski definition) is 4. The van der Waals surface area contributed by atoms with Crippen molar-refractivity contribution >= 4 is 44.8 Å². The van der Waals surface area contributed by atoms with Gasteiger partial charge in [-0.2, -0.15) is 0 Å². The number of carbonyl (C=O) groups is 2. The highest BCUT2D eigenvalue weighted by atomic mass is 35.5. The number of carbonyl (C=O) groups excluding carboxylic acids is 2. The molecule has 0 aliphatic carbocycles. The summed E-state index contributed by atoms with van der Waals surface area (Å²) < 4.78 is 6.00. The molecule has 0 N–H and O–H groups in total. The SMILES string of the molecule is CC(=O)Oc1ccc2scc(C(=O)CCCl)c2c1. The second kappa shape index (κ2) is 5.50. The van der Waals surface area contributed by atoms with E-state index in [0.29, 0.717) is 23.6 Å². The topological polar surface area (TPSA) is 43.4 Å². The standard InChI is InChI=1S/C13H11ClO3S/c1-8(15)17-9-2-3-13-10(6-9)11(7-18-13)12(16)4-5-14/h2-3,6-7H,4-5H2,1H3. The summed E-state index contributed by atoms with van der Waals surface area (Å²) in [6.45, 7) is 1.34. The monoisotopic (exact) mass is 282 g/mol. The van der Waals surface area contributed by atoms with E-state index in [4.69, 9.17) is 16.3 Å². The number of rotatable bonds is 4. The molecule has 2 aromatic rings. The van der Waals surface area contributed by atoms with E-state index in [1.165, 1.54) is 18.3 Å². The van der Waals surface area contributed by atoms with E-state index in [-0.39, 0.29) is 11.8 Å². The van der Waals surface area contributed by atoms with Crippen LogP contribution in [-0.2, 0) is 4.79 Å². The van der Waals surface area contributed by atoms with Gasteiger partial charge < -0.3 is 4.74 Å². The van der Waals surface area contributed by atoms with E-state index in [1.54, 1.807) is 12.1 Å². The summed E-state index contributed by atoms with van der Waals surface area (Å²) >= 11 is 7.07. The second-order valence-corrected chi connectivity index (χ2v) is 5.05. The van der Waals surface area contributed by atoms with Gasteiger partial charge in [-0.25, -0.2) is 0 Å². The molecule has 3 nitrogen and oxygen atoms in total. The van der Waals surface area contributed by atoms with Gasteiger partial charge in [0.2, 0.25) is 0 Å². The maximum Gasteiger partial charge on any atom is 0.308 e. The van der Waals surface area contributed by atoms with Crippen molar-refractivity contribution in [1.82, 2.24) is 0 Å². The Labute approximate surface area is 113 Å². The molecule has 5 heteroatoms. The first kappa shape index (κ1) is 13.1. The Morgan fingerprint density at radius 1 is 1.39 bits per heavy atom. The van der Waals surface area contributed by atoms with Gasteiger partial charge in [0, 0.05) is 40.3 Å². The normalized spacial score (nSPS) is 10.6. The first-order chi connectivity index (χ1) is 8.61. The molecule has 0 saturated carbocycles. The molecule has 0 amide bonds. The van der Waals surface area contributed by atoms with Gasteiger partial charge in [-0.3, -0.25) is 9.59 Å². The number of benzene rings is 1. The third kappa shape index (κ3) is 2.71. The maximum atomic E-state index is 11.9. The third-order valence-corrected chi connectivity index (χ3v) is 3.58. The Morgan fingerprint density at radius 2 is 2.17 bits per heavy atom. The molecule has 0 bridgehead atoms. The van der Waals surface area contributed by atoms with E-state index >= 15 is 0 Å². The Hall–Kier alpha value is -1.39. The summed E-state index contributed by atoms with van der Waals surface area (Å²) in [6.07, 6.45) is 0.311.